The molecule has 0 aromatic heterocycles. The van der Waals surface area contributed by atoms with Crippen molar-refractivity contribution in [1.29, 1.82) is 0 Å². The number of primary amides is 1. The van der Waals surface area contributed by atoms with Gasteiger partial charge < -0.3 is 11.1 Å². The zero-order chi connectivity index (χ0) is 9.90. The number of nitrogens with one attached hydrogen (secondary N) is 1. The quantitative estimate of drug-likeness (QED) is 0.670. The van der Waals surface area contributed by atoms with Crippen molar-refractivity contribution in [3.63, 3.8) is 0 Å². The van der Waals surface area contributed by atoms with E-state index in [2.05, 4.69) is 5.32 Å². The van der Waals surface area contributed by atoms with Crippen LogP contribution in [0.2, 0.25) is 0 Å². The smallest absolute Gasteiger partial charge is 0.237 e. The first-order valence-electron chi connectivity index (χ1n) is 5.13. The van der Waals surface area contributed by atoms with Crippen LogP contribution < -0.4 is 11.1 Å². The van der Waals surface area contributed by atoms with Gasteiger partial charge in [0.1, 0.15) is 0 Å². The van der Waals surface area contributed by atoms with Crippen molar-refractivity contribution >= 4 is 5.91 Å². The summed E-state index contributed by atoms with van der Waals surface area (Å²) in [6, 6.07) is 0. The second-order valence-corrected chi connectivity index (χ2v) is 4.23. The number of hydrogen-bond donors (Lipinski definition) is 2. The zero-order valence-corrected chi connectivity index (χ0v) is 8.60. The number of hydrogen-bond acceptors (Lipinski definition) is 2. The van der Waals surface area contributed by atoms with Gasteiger partial charge in [-0.05, 0) is 25.8 Å². The van der Waals surface area contributed by atoms with Gasteiger partial charge in [0.2, 0.25) is 5.91 Å². The van der Waals surface area contributed by atoms with Gasteiger partial charge in [-0.2, -0.15) is 0 Å². The molecule has 1 amide bonds. The highest BCUT2D eigenvalue weighted by molar-refractivity contribution is 5.84. The van der Waals surface area contributed by atoms with Crippen LogP contribution in [-0.2, 0) is 4.79 Å². The molecule has 0 aromatic rings. The van der Waals surface area contributed by atoms with Crippen molar-refractivity contribution in [3.05, 3.63) is 0 Å². The number of carbonyl (C=O) groups is 1. The zero-order valence-electron chi connectivity index (χ0n) is 8.60. The van der Waals surface area contributed by atoms with Gasteiger partial charge in [0.15, 0.2) is 0 Å². The van der Waals surface area contributed by atoms with Crippen LogP contribution >= 0.6 is 0 Å². The molecule has 0 aromatic carbocycles. The van der Waals surface area contributed by atoms with E-state index in [4.69, 9.17) is 5.73 Å². The number of likely N-dealkylation sites (N-methyl/N-ethyl adjacent to an activating group) is 1. The van der Waals surface area contributed by atoms with Crippen molar-refractivity contribution in [3.8, 4) is 0 Å². The summed E-state index contributed by atoms with van der Waals surface area (Å²) in [4.78, 5) is 11.2. The maximum Gasteiger partial charge on any atom is 0.237 e. The van der Waals surface area contributed by atoms with Crippen molar-refractivity contribution in [2.75, 3.05) is 6.54 Å². The van der Waals surface area contributed by atoms with Crippen LogP contribution in [0.25, 0.3) is 0 Å². The van der Waals surface area contributed by atoms with E-state index < -0.39 is 5.54 Å². The maximum absolute atomic E-state index is 11.2. The first kappa shape index (κ1) is 10.5. The molecule has 1 aliphatic rings. The Morgan fingerprint density at radius 3 is 2.54 bits per heavy atom. The minimum absolute atomic E-state index is 0.221. The van der Waals surface area contributed by atoms with Gasteiger partial charge in [-0.25, -0.2) is 0 Å². The number of nitrogens with two attached hydrogens (primary N) is 1. The van der Waals surface area contributed by atoms with Gasteiger partial charge in [0, 0.05) is 0 Å². The molecule has 0 saturated heterocycles. The van der Waals surface area contributed by atoms with E-state index >= 15 is 0 Å². The molecular formula is C10H20N2O. The van der Waals surface area contributed by atoms with Crippen LogP contribution in [0.3, 0.4) is 0 Å². The highest BCUT2D eigenvalue weighted by Crippen LogP contribution is 2.33. The minimum atomic E-state index is -0.486. The first-order chi connectivity index (χ1) is 6.08. The molecule has 3 heteroatoms. The highest BCUT2D eigenvalue weighted by Gasteiger charge is 2.34. The van der Waals surface area contributed by atoms with Crippen LogP contribution in [0.5, 0.6) is 0 Å². The Labute approximate surface area is 80.1 Å². The van der Waals surface area contributed by atoms with E-state index in [0.29, 0.717) is 5.92 Å². The van der Waals surface area contributed by atoms with E-state index in [9.17, 15) is 4.79 Å². The third-order valence-corrected chi connectivity index (χ3v) is 3.03. The summed E-state index contributed by atoms with van der Waals surface area (Å²) in [7, 11) is 0. The fourth-order valence-corrected chi connectivity index (χ4v) is 1.92. The van der Waals surface area contributed by atoms with Crippen molar-refractivity contribution in [2.45, 2.75) is 45.1 Å². The summed E-state index contributed by atoms with van der Waals surface area (Å²) in [5.74, 6) is 0.484. The van der Waals surface area contributed by atoms with Crippen molar-refractivity contribution < 1.29 is 4.79 Å². The minimum Gasteiger partial charge on any atom is -0.368 e. The lowest BCUT2D eigenvalue weighted by atomic mass is 9.76. The third-order valence-electron chi connectivity index (χ3n) is 3.03. The molecule has 0 aliphatic heterocycles. The Kier molecular flexibility index (Phi) is 3.31. The van der Waals surface area contributed by atoms with Crippen LogP contribution in [0, 0.1) is 5.92 Å². The number of carbonyl (C=O) groups excluding carboxylic acids is 1. The Balaban J connectivity index is 2.49. The lowest BCUT2D eigenvalue weighted by Crippen LogP contribution is -2.54. The van der Waals surface area contributed by atoms with E-state index in [0.717, 1.165) is 13.0 Å². The Morgan fingerprint density at radius 1 is 1.62 bits per heavy atom. The van der Waals surface area contributed by atoms with Gasteiger partial charge in [-0.1, -0.05) is 26.2 Å². The fraction of sp³-hybridized carbons (Fsp3) is 0.900. The predicted octanol–water partition coefficient (Wildman–Crippen LogP) is 1.03. The molecule has 1 atom stereocenters. The molecule has 13 heavy (non-hydrogen) atoms. The standard InChI is InChI=1S/C10H20N2O/c1-3-12-10(2,9(11)13)7-8-5-4-6-8/h8,12H,3-7H2,1-2H3,(H2,11,13). The summed E-state index contributed by atoms with van der Waals surface area (Å²) in [5.41, 5.74) is 4.90. The largest absolute Gasteiger partial charge is 0.368 e. The monoisotopic (exact) mass is 184 g/mol. The molecular weight excluding hydrogens is 164 g/mol. The molecule has 0 spiro atoms. The van der Waals surface area contributed by atoms with Gasteiger partial charge in [-0.3, -0.25) is 4.79 Å². The average molecular weight is 184 g/mol. The molecule has 1 aliphatic carbocycles. The predicted molar refractivity (Wildman–Crippen MR) is 53.2 cm³/mol. The molecule has 1 unspecified atom stereocenters. The first-order valence-corrected chi connectivity index (χ1v) is 5.13. The highest BCUT2D eigenvalue weighted by atomic mass is 16.1. The Bertz CT molecular complexity index is 189. The molecule has 1 rings (SSSR count). The van der Waals surface area contributed by atoms with Crippen molar-refractivity contribution in [1.82, 2.24) is 5.32 Å². The average Bonchev–Trinajstić information content (AvgIpc) is 1.97. The van der Waals surface area contributed by atoms with Crippen LogP contribution in [-0.4, -0.2) is 18.0 Å². The topological polar surface area (TPSA) is 55.1 Å². The van der Waals surface area contributed by atoms with E-state index in [1.165, 1.54) is 19.3 Å². The molecule has 3 N–H and O–H groups in total. The van der Waals surface area contributed by atoms with Crippen LogP contribution in [0.15, 0.2) is 0 Å². The van der Waals surface area contributed by atoms with Crippen molar-refractivity contribution in [2.24, 2.45) is 11.7 Å². The molecule has 0 heterocycles. The molecule has 3 nitrogen and oxygen atoms in total. The summed E-state index contributed by atoms with van der Waals surface area (Å²) >= 11 is 0. The van der Waals surface area contributed by atoms with E-state index in [1.54, 1.807) is 0 Å². The van der Waals surface area contributed by atoms with Gasteiger partial charge in [-0.15, -0.1) is 0 Å². The normalized spacial score (nSPS) is 22.0. The van der Waals surface area contributed by atoms with Crippen LogP contribution in [0.4, 0.5) is 0 Å². The molecule has 0 bridgehead atoms. The number of amides is 1. The molecule has 1 saturated carbocycles. The second kappa shape index (κ2) is 4.09. The maximum atomic E-state index is 11.2. The van der Waals surface area contributed by atoms with Gasteiger partial charge >= 0.3 is 0 Å². The Morgan fingerprint density at radius 2 is 2.23 bits per heavy atom. The second-order valence-electron chi connectivity index (χ2n) is 4.23. The Hall–Kier alpha value is -0.570. The van der Waals surface area contributed by atoms with Crippen LogP contribution in [0.1, 0.15) is 39.5 Å². The lowest BCUT2D eigenvalue weighted by molar-refractivity contribution is -0.124. The molecule has 0 radical (unpaired) electrons. The SMILES string of the molecule is CCNC(C)(CC1CCC1)C(N)=O. The molecule has 76 valence electrons. The van der Waals surface area contributed by atoms with E-state index in [-0.39, 0.29) is 5.91 Å². The summed E-state index contributed by atoms with van der Waals surface area (Å²) < 4.78 is 0. The third kappa shape index (κ3) is 2.44. The van der Waals surface area contributed by atoms with Gasteiger partial charge in [0.25, 0.3) is 0 Å². The summed E-state index contributed by atoms with van der Waals surface area (Å²) in [5, 5.41) is 3.18. The van der Waals surface area contributed by atoms with Gasteiger partial charge in [0.05, 0.1) is 5.54 Å². The summed E-state index contributed by atoms with van der Waals surface area (Å²) in [6.45, 7) is 4.71. The van der Waals surface area contributed by atoms with E-state index in [1.807, 2.05) is 13.8 Å². The number of rotatable bonds is 5. The lowest BCUT2D eigenvalue weighted by Gasteiger charge is -2.35. The molecule has 1 fully saturated rings. The fourth-order valence-electron chi connectivity index (χ4n) is 1.92. The summed E-state index contributed by atoms with van der Waals surface area (Å²) in [6.07, 6.45) is 4.73.